The summed E-state index contributed by atoms with van der Waals surface area (Å²) in [5.74, 6) is -1.73. The van der Waals surface area contributed by atoms with E-state index in [1.165, 1.54) is 12.1 Å². The van der Waals surface area contributed by atoms with Crippen LogP contribution in [-0.4, -0.2) is 24.1 Å². The Bertz CT molecular complexity index is 1070. The first-order chi connectivity index (χ1) is 15.3. The van der Waals surface area contributed by atoms with Gasteiger partial charge in [0.25, 0.3) is 0 Å². The Hall–Kier alpha value is -3.08. The first kappa shape index (κ1) is 22.1. The van der Waals surface area contributed by atoms with Crippen LogP contribution in [0.25, 0.3) is 0 Å². The smallest absolute Gasteiger partial charge is 0.315 e. The quantitative estimate of drug-likeness (QED) is 0.577. The topological polar surface area (TPSA) is 55.7 Å². The van der Waals surface area contributed by atoms with Gasteiger partial charge in [-0.05, 0) is 48.4 Å². The molecule has 4 rings (SSSR count). The molecule has 0 aromatic heterocycles. The monoisotopic (exact) mass is 433 g/mol. The number of nitrogens with zero attached hydrogens (tertiary/aromatic N) is 1. The van der Waals surface area contributed by atoms with Crippen molar-refractivity contribution in [1.29, 1.82) is 0 Å². The summed E-state index contributed by atoms with van der Waals surface area (Å²) < 4.78 is 19.2. The molecule has 1 aliphatic heterocycles. The van der Waals surface area contributed by atoms with Crippen molar-refractivity contribution in [3.63, 3.8) is 0 Å². The third-order valence-corrected chi connectivity index (χ3v) is 6.20. The fourth-order valence-electron chi connectivity index (χ4n) is 4.69. The predicted octanol–water partition coefficient (Wildman–Crippen LogP) is 5.60. The van der Waals surface area contributed by atoms with Crippen molar-refractivity contribution in [2.45, 2.75) is 45.4 Å². The zero-order valence-electron chi connectivity index (χ0n) is 18.7. The van der Waals surface area contributed by atoms with Crippen LogP contribution in [0.2, 0.25) is 0 Å². The number of esters is 1. The van der Waals surface area contributed by atoms with Crippen molar-refractivity contribution in [3.05, 3.63) is 82.8 Å². The zero-order chi connectivity index (χ0) is 22.8. The third kappa shape index (κ3) is 4.43. The normalized spacial score (nSPS) is 23.1. The minimum absolute atomic E-state index is 0.00709. The number of aliphatic imine (C=N–C) groups is 1. The number of hydrogen-bond acceptors (Lipinski definition) is 4. The van der Waals surface area contributed by atoms with Gasteiger partial charge in [-0.1, -0.05) is 56.3 Å². The highest BCUT2D eigenvalue weighted by molar-refractivity contribution is 6.09. The number of allylic oxidation sites excluding steroid dienone is 2. The number of hydrogen-bond donors (Lipinski definition) is 0. The van der Waals surface area contributed by atoms with Gasteiger partial charge in [-0.2, -0.15) is 0 Å². The fourth-order valence-corrected chi connectivity index (χ4v) is 4.69. The number of carbonyl (C=O) groups is 2. The van der Waals surface area contributed by atoms with E-state index in [2.05, 4.69) is 0 Å². The number of ether oxygens (including phenoxy) is 1. The molecule has 1 unspecified atom stereocenters. The molecule has 0 N–H and O–H groups in total. The maximum Gasteiger partial charge on any atom is 0.315 e. The van der Waals surface area contributed by atoms with Crippen LogP contribution in [0.3, 0.4) is 0 Å². The minimum atomic E-state index is -0.699. The van der Waals surface area contributed by atoms with Gasteiger partial charge in [0.15, 0.2) is 5.78 Å². The van der Waals surface area contributed by atoms with Crippen LogP contribution < -0.4 is 0 Å². The number of rotatable bonds is 5. The first-order valence-corrected chi connectivity index (χ1v) is 11.1. The van der Waals surface area contributed by atoms with Gasteiger partial charge < -0.3 is 4.74 Å². The highest BCUT2D eigenvalue weighted by Crippen LogP contribution is 2.46. The summed E-state index contributed by atoms with van der Waals surface area (Å²) in [6.45, 7) is 6.07. The molecule has 2 aliphatic rings. The fraction of sp³-hybridized carbons (Fsp3) is 0.370. The Morgan fingerprint density at radius 3 is 2.41 bits per heavy atom. The van der Waals surface area contributed by atoms with Gasteiger partial charge >= 0.3 is 5.97 Å². The third-order valence-electron chi connectivity index (χ3n) is 6.20. The summed E-state index contributed by atoms with van der Waals surface area (Å²) in [4.78, 5) is 31.3. The van der Waals surface area contributed by atoms with Gasteiger partial charge in [0, 0.05) is 29.3 Å². The van der Waals surface area contributed by atoms with E-state index in [-0.39, 0.29) is 29.4 Å². The molecular weight excluding hydrogens is 405 g/mol. The molecule has 0 spiro atoms. The van der Waals surface area contributed by atoms with E-state index in [0.717, 1.165) is 16.8 Å². The van der Waals surface area contributed by atoms with E-state index in [0.29, 0.717) is 30.7 Å². The summed E-state index contributed by atoms with van der Waals surface area (Å²) in [6.07, 6.45) is 0.997. The molecule has 166 valence electrons. The summed E-state index contributed by atoms with van der Waals surface area (Å²) in [7, 11) is 0. The van der Waals surface area contributed by atoms with Crippen LogP contribution in [0.4, 0.5) is 4.39 Å². The lowest BCUT2D eigenvalue weighted by Gasteiger charge is -2.36. The number of ketones is 1. The van der Waals surface area contributed by atoms with Gasteiger partial charge in [0.2, 0.25) is 0 Å². The molecule has 32 heavy (non-hydrogen) atoms. The molecule has 2 aromatic rings. The second kappa shape index (κ2) is 9.19. The van der Waals surface area contributed by atoms with E-state index < -0.39 is 11.8 Å². The number of halogens is 1. The highest BCUT2D eigenvalue weighted by atomic mass is 19.1. The Balaban J connectivity index is 1.76. The first-order valence-electron chi connectivity index (χ1n) is 11.1. The maximum atomic E-state index is 13.7. The average molecular weight is 434 g/mol. The number of benzene rings is 2. The van der Waals surface area contributed by atoms with Crippen LogP contribution in [0, 0.1) is 17.7 Å². The maximum absolute atomic E-state index is 13.7. The molecule has 2 aromatic carbocycles. The van der Waals surface area contributed by atoms with E-state index >= 15 is 0 Å². The van der Waals surface area contributed by atoms with Crippen LogP contribution in [-0.2, 0) is 14.3 Å². The second-order valence-electron chi connectivity index (χ2n) is 9.08. The van der Waals surface area contributed by atoms with E-state index in [1.54, 1.807) is 12.1 Å². The van der Waals surface area contributed by atoms with Crippen molar-refractivity contribution >= 4 is 17.5 Å². The molecule has 3 atom stereocenters. The molecule has 1 aliphatic carbocycles. The lowest BCUT2D eigenvalue weighted by Crippen LogP contribution is -2.38. The van der Waals surface area contributed by atoms with Gasteiger partial charge in [0.05, 0.1) is 6.61 Å². The molecule has 0 amide bonds. The van der Waals surface area contributed by atoms with Crippen molar-refractivity contribution < 1.29 is 18.7 Å². The molecule has 0 saturated carbocycles. The number of carbonyl (C=O) groups excluding carboxylic acids is 2. The van der Waals surface area contributed by atoms with Crippen LogP contribution in [0.1, 0.15) is 56.6 Å². The SMILES string of the molecule is CC1=NC2=C(C(=O)C[C@@H](c3ccccc3)C2)[C@H](c2ccc(F)cc2)C1C(=O)OCC(C)C. The predicted molar refractivity (Wildman–Crippen MR) is 122 cm³/mol. The van der Waals surface area contributed by atoms with Gasteiger partial charge in [0.1, 0.15) is 11.7 Å². The molecule has 4 nitrogen and oxygen atoms in total. The summed E-state index contributed by atoms with van der Waals surface area (Å²) in [5, 5.41) is 0. The van der Waals surface area contributed by atoms with Crippen molar-refractivity contribution in [2.24, 2.45) is 16.8 Å². The van der Waals surface area contributed by atoms with Crippen molar-refractivity contribution in [2.75, 3.05) is 6.61 Å². The van der Waals surface area contributed by atoms with Crippen molar-refractivity contribution in [3.8, 4) is 0 Å². The van der Waals surface area contributed by atoms with Crippen molar-refractivity contribution in [1.82, 2.24) is 0 Å². The second-order valence-corrected chi connectivity index (χ2v) is 9.08. The van der Waals surface area contributed by atoms with Gasteiger partial charge in [-0.15, -0.1) is 0 Å². The van der Waals surface area contributed by atoms with Gasteiger partial charge in [-0.25, -0.2) is 4.39 Å². The molecular formula is C27H28FNO3. The summed E-state index contributed by atoms with van der Waals surface area (Å²) >= 11 is 0. The Kier molecular flexibility index (Phi) is 6.35. The van der Waals surface area contributed by atoms with E-state index in [4.69, 9.17) is 9.73 Å². The average Bonchev–Trinajstić information content (AvgIpc) is 2.77. The van der Waals surface area contributed by atoms with E-state index in [9.17, 15) is 14.0 Å². The largest absolute Gasteiger partial charge is 0.465 e. The zero-order valence-corrected chi connectivity index (χ0v) is 18.7. The minimum Gasteiger partial charge on any atom is -0.465 e. The molecule has 0 fully saturated rings. The van der Waals surface area contributed by atoms with Gasteiger partial charge in [-0.3, -0.25) is 14.6 Å². The molecule has 0 radical (unpaired) electrons. The molecule has 1 heterocycles. The Labute approximate surface area is 188 Å². The molecule has 5 heteroatoms. The van der Waals surface area contributed by atoms with Crippen LogP contribution in [0.15, 0.2) is 70.9 Å². The molecule has 0 bridgehead atoms. The standard InChI is InChI=1S/C27H28FNO3/c1-16(2)15-32-27(31)24-17(3)29-22-13-20(18-7-5-4-6-8-18)14-23(30)26(22)25(24)19-9-11-21(28)12-10-19/h4-12,16,20,24-25H,13-15H2,1-3H3/t20-,24?,25+/m0/s1. The lowest BCUT2D eigenvalue weighted by atomic mass is 9.69. The summed E-state index contributed by atoms with van der Waals surface area (Å²) in [6, 6.07) is 16.0. The van der Waals surface area contributed by atoms with Crippen LogP contribution in [0.5, 0.6) is 0 Å². The summed E-state index contributed by atoms with van der Waals surface area (Å²) in [5.41, 5.74) is 3.77. The Morgan fingerprint density at radius 1 is 1.06 bits per heavy atom. The van der Waals surface area contributed by atoms with Crippen LogP contribution >= 0.6 is 0 Å². The van der Waals surface area contributed by atoms with E-state index in [1.807, 2.05) is 51.1 Å². The lowest BCUT2D eigenvalue weighted by molar-refractivity contribution is -0.147. The Morgan fingerprint density at radius 2 is 1.75 bits per heavy atom. The molecule has 0 saturated heterocycles. The highest BCUT2D eigenvalue weighted by Gasteiger charge is 2.44. The number of Topliss-reactive ketones (excluding diaryl/α,β-unsaturated/α-hetero) is 1.